The van der Waals surface area contributed by atoms with Gasteiger partial charge in [0.1, 0.15) is 0 Å². The summed E-state index contributed by atoms with van der Waals surface area (Å²) in [5.41, 5.74) is 0.319. The minimum atomic E-state index is -0.806. The quantitative estimate of drug-likeness (QED) is 0.774. The number of esters is 1. The van der Waals surface area contributed by atoms with Crippen LogP contribution in [-0.2, 0) is 9.53 Å². The Kier molecular flexibility index (Phi) is 6.06. The number of ether oxygens (including phenoxy) is 3. The van der Waals surface area contributed by atoms with Gasteiger partial charge >= 0.3 is 5.97 Å². The standard InChI is InChI=1S/C18H25NO5/c1-12-7-9-19(10-8-12)17(20)13(2)24-18(21)14-5-6-15(22-3)16(11-14)23-4/h5-6,11-13H,7-10H2,1-4H3. The molecule has 0 spiro atoms. The molecule has 0 N–H and O–H groups in total. The molecule has 0 bridgehead atoms. The van der Waals surface area contributed by atoms with E-state index in [0.29, 0.717) is 23.0 Å². The molecule has 132 valence electrons. The first-order chi connectivity index (χ1) is 11.5. The highest BCUT2D eigenvalue weighted by atomic mass is 16.5. The lowest BCUT2D eigenvalue weighted by Crippen LogP contribution is -2.44. The fourth-order valence-corrected chi connectivity index (χ4v) is 2.73. The topological polar surface area (TPSA) is 65.1 Å². The van der Waals surface area contributed by atoms with Crippen LogP contribution in [0.1, 0.15) is 37.0 Å². The van der Waals surface area contributed by atoms with E-state index in [1.54, 1.807) is 30.0 Å². The lowest BCUT2D eigenvalue weighted by Gasteiger charge is -2.31. The zero-order chi connectivity index (χ0) is 17.7. The highest BCUT2D eigenvalue weighted by molar-refractivity contribution is 5.92. The van der Waals surface area contributed by atoms with E-state index in [4.69, 9.17) is 14.2 Å². The Labute approximate surface area is 142 Å². The van der Waals surface area contributed by atoms with Gasteiger partial charge in [0.05, 0.1) is 19.8 Å². The van der Waals surface area contributed by atoms with Gasteiger partial charge in [0.2, 0.25) is 0 Å². The summed E-state index contributed by atoms with van der Waals surface area (Å²) in [6.07, 6.45) is 1.17. The first-order valence-electron chi connectivity index (χ1n) is 8.18. The van der Waals surface area contributed by atoms with Crippen LogP contribution in [0.5, 0.6) is 11.5 Å². The molecule has 1 saturated heterocycles. The van der Waals surface area contributed by atoms with Crippen molar-refractivity contribution in [2.45, 2.75) is 32.8 Å². The highest BCUT2D eigenvalue weighted by Crippen LogP contribution is 2.28. The summed E-state index contributed by atoms with van der Waals surface area (Å²) in [6, 6.07) is 4.76. The third kappa shape index (κ3) is 4.19. The molecule has 1 aliphatic heterocycles. The molecule has 0 saturated carbocycles. The van der Waals surface area contributed by atoms with Gasteiger partial charge in [0.15, 0.2) is 17.6 Å². The fraction of sp³-hybridized carbons (Fsp3) is 0.556. The molecule has 1 fully saturated rings. The summed E-state index contributed by atoms with van der Waals surface area (Å²) in [6.45, 7) is 5.23. The summed E-state index contributed by atoms with van der Waals surface area (Å²) in [5.74, 6) is 0.910. The van der Waals surface area contributed by atoms with Crippen molar-refractivity contribution in [1.29, 1.82) is 0 Å². The Balaban J connectivity index is 1.99. The van der Waals surface area contributed by atoms with Crippen molar-refractivity contribution in [2.75, 3.05) is 27.3 Å². The van der Waals surface area contributed by atoms with Gasteiger partial charge in [0.25, 0.3) is 5.91 Å². The average molecular weight is 335 g/mol. The fourth-order valence-electron chi connectivity index (χ4n) is 2.73. The number of nitrogens with zero attached hydrogens (tertiary/aromatic N) is 1. The second kappa shape index (κ2) is 8.04. The van der Waals surface area contributed by atoms with E-state index in [1.807, 2.05) is 0 Å². The molecule has 0 aliphatic carbocycles. The predicted molar refractivity (Wildman–Crippen MR) is 89.4 cm³/mol. The molecule has 1 aromatic rings. The van der Waals surface area contributed by atoms with Crippen LogP contribution in [0, 0.1) is 5.92 Å². The van der Waals surface area contributed by atoms with Crippen LogP contribution in [0.25, 0.3) is 0 Å². The predicted octanol–water partition coefficient (Wildman–Crippen LogP) is 2.51. The molecule has 6 heteroatoms. The molecule has 1 heterocycles. The van der Waals surface area contributed by atoms with Crippen molar-refractivity contribution in [2.24, 2.45) is 5.92 Å². The van der Waals surface area contributed by atoms with Gasteiger partial charge in [-0.25, -0.2) is 4.79 Å². The summed E-state index contributed by atoms with van der Waals surface area (Å²) >= 11 is 0. The third-order valence-electron chi connectivity index (χ3n) is 4.35. The number of rotatable bonds is 5. The van der Waals surface area contributed by atoms with E-state index < -0.39 is 12.1 Å². The SMILES string of the molecule is COc1ccc(C(=O)OC(C)C(=O)N2CCC(C)CC2)cc1OC. The van der Waals surface area contributed by atoms with Crippen molar-refractivity contribution < 1.29 is 23.8 Å². The number of amides is 1. The molecule has 2 rings (SSSR count). The summed E-state index contributed by atoms with van der Waals surface area (Å²) in [4.78, 5) is 26.4. The molecule has 1 aromatic carbocycles. The van der Waals surface area contributed by atoms with E-state index in [-0.39, 0.29) is 5.91 Å². The maximum absolute atomic E-state index is 12.4. The molecule has 1 unspecified atom stereocenters. The van der Waals surface area contributed by atoms with Crippen LogP contribution in [0.4, 0.5) is 0 Å². The smallest absolute Gasteiger partial charge is 0.339 e. The Morgan fingerprint density at radius 2 is 1.75 bits per heavy atom. The van der Waals surface area contributed by atoms with E-state index >= 15 is 0 Å². The Morgan fingerprint density at radius 1 is 1.12 bits per heavy atom. The highest BCUT2D eigenvalue weighted by Gasteiger charge is 2.27. The molecular weight excluding hydrogens is 310 g/mol. The van der Waals surface area contributed by atoms with Crippen molar-refractivity contribution in [3.63, 3.8) is 0 Å². The first-order valence-corrected chi connectivity index (χ1v) is 8.18. The molecule has 6 nitrogen and oxygen atoms in total. The van der Waals surface area contributed by atoms with Crippen molar-refractivity contribution >= 4 is 11.9 Å². The van der Waals surface area contributed by atoms with E-state index in [9.17, 15) is 9.59 Å². The van der Waals surface area contributed by atoms with Gasteiger partial charge in [-0.15, -0.1) is 0 Å². The van der Waals surface area contributed by atoms with Crippen LogP contribution in [0.3, 0.4) is 0 Å². The molecular formula is C18H25NO5. The lowest BCUT2D eigenvalue weighted by atomic mass is 9.99. The van der Waals surface area contributed by atoms with Crippen LogP contribution < -0.4 is 9.47 Å². The van der Waals surface area contributed by atoms with Gasteiger partial charge in [0, 0.05) is 13.1 Å². The number of hydrogen-bond acceptors (Lipinski definition) is 5. The molecule has 1 aliphatic rings. The number of carbonyl (C=O) groups excluding carboxylic acids is 2. The Hall–Kier alpha value is -2.24. The minimum absolute atomic E-state index is 0.143. The summed E-state index contributed by atoms with van der Waals surface area (Å²) in [5, 5.41) is 0. The second-order valence-corrected chi connectivity index (χ2v) is 6.13. The van der Waals surface area contributed by atoms with E-state index in [1.165, 1.54) is 14.2 Å². The summed E-state index contributed by atoms with van der Waals surface area (Å²) in [7, 11) is 3.02. The van der Waals surface area contributed by atoms with Crippen LogP contribution >= 0.6 is 0 Å². The zero-order valence-corrected chi connectivity index (χ0v) is 14.7. The van der Waals surface area contributed by atoms with Crippen LogP contribution in [0.15, 0.2) is 18.2 Å². The molecule has 24 heavy (non-hydrogen) atoms. The van der Waals surface area contributed by atoms with Gasteiger partial charge in [-0.1, -0.05) is 6.92 Å². The van der Waals surface area contributed by atoms with Crippen LogP contribution in [-0.4, -0.2) is 50.2 Å². The first kappa shape index (κ1) is 18.1. The van der Waals surface area contributed by atoms with Crippen molar-refractivity contribution in [3.05, 3.63) is 23.8 Å². The maximum atomic E-state index is 12.4. The van der Waals surface area contributed by atoms with Crippen molar-refractivity contribution in [1.82, 2.24) is 4.90 Å². The molecule has 1 atom stereocenters. The third-order valence-corrected chi connectivity index (χ3v) is 4.35. The van der Waals surface area contributed by atoms with Gasteiger partial charge in [-0.05, 0) is 43.9 Å². The largest absolute Gasteiger partial charge is 0.493 e. The lowest BCUT2D eigenvalue weighted by molar-refractivity contribution is -0.141. The second-order valence-electron chi connectivity index (χ2n) is 6.13. The molecule has 0 aromatic heterocycles. The number of carbonyl (C=O) groups is 2. The number of hydrogen-bond donors (Lipinski definition) is 0. The van der Waals surface area contributed by atoms with Gasteiger partial charge < -0.3 is 19.1 Å². The normalized spacial score (nSPS) is 16.4. The Morgan fingerprint density at radius 3 is 2.33 bits per heavy atom. The number of likely N-dealkylation sites (tertiary alicyclic amines) is 1. The zero-order valence-electron chi connectivity index (χ0n) is 14.7. The van der Waals surface area contributed by atoms with E-state index in [0.717, 1.165) is 25.9 Å². The molecule has 1 amide bonds. The minimum Gasteiger partial charge on any atom is -0.493 e. The molecule has 0 radical (unpaired) electrons. The van der Waals surface area contributed by atoms with E-state index in [2.05, 4.69) is 6.92 Å². The monoisotopic (exact) mass is 335 g/mol. The number of piperidine rings is 1. The summed E-state index contributed by atoms with van der Waals surface area (Å²) < 4.78 is 15.6. The number of methoxy groups -OCH3 is 2. The van der Waals surface area contributed by atoms with Crippen LogP contribution in [0.2, 0.25) is 0 Å². The van der Waals surface area contributed by atoms with Crippen molar-refractivity contribution in [3.8, 4) is 11.5 Å². The number of benzene rings is 1. The maximum Gasteiger partial charge on any atom is 0.339 e. The van der Waals surface area contributed by atoms with Gasteiger partial charge in [-0.2, -0.15) is 0 Å². The average Bonchev–Trinajstić information content (AvgIpc) is 2.60. The Bertz CT molecular complexity index is 593. The van der Waals surface area contributed by atoms with Gasteiger partial charge in [-0.3, -0.25) is 4.79 Å².